The Kier molecular flexibility index (Phi) is 4.99. The molecule has 4 heteroatoms. The Morgan fingerprint density at radius 3 is 2.64 bits per heavy atom. The smallest absolute Gasteiger partial charge is 0.212 e. The molecular weight excluding hydrogens is 423 g/mol. The van der Waals surface area contributed by atoms with E-state index >= 15 is 0 Å². The minimum Gasteiger partial charge on any atom is -1.00 e. The van der Waals surface area contributed by atoms with E-state index in [1.54, 1.807) is 6.07 Å². The third kappa shape index (κ3) is 3.35. The predicted molar refractivity (Wildman–Crippen MR) is 97.5 cm³/mol. The average molecular weight is 440 g/mol. The number of phenolic OH excluding ortho intramolecular Hbond substituents is 1. The van der Waals surface area contributed by atoms with Crippen molar-refractivity contribution in [1.29, 1.82) is 0 Å². The highest BCUT2D eigenvalue weighted by Crippen LogP contribution is 2.23. The summed E-state index contributed by atoms with van der Waals surface area (Å²) >= 11 is 0. The van der Waals surface area contributed by atoms with Crippen molar-refractivity contribution in [3.8, 4) is 5.75 Å². The van der Waals surface area contributed by atoms with E-state index in [4.69, 9.17) is 0 Å². The minimum absolute atomic E-state index is 0. The van der Waals surface area contributed by atoms with Crippen LogP contribution in [0, 0.1) is 0 Å². The van der Waals surface area contributed by atoms with Gasteiger partial charge in [0, 0.05) is 17.5 Å². The molecule has 0 atom stereocenters. The topological polar surface area (TPSA) is 37.0 Å². The maximum atomic E-state index is 9.96. The van der Waals surface area contributed by atoms with Crippen LogP contribution in [-0.4, -0.2) is 10.1 Å². The first-order valence-corrected chi connectivity index (χ1v) is 7.86. The summed E-state index contributed by atoms with van der Waals surface area (Å²) in [6.07, 6.45) is 6.09. The van der Waals surface area contributed by atoms with Crippen molar-refractivity contribution in [2.75, 3.05) is 0 Å². The second-order valence-electron chi connectivity index (χ2n) is 5.82. The molecule has 0 saturated carbocycles. The zero-order valence-corrected chi connectivity index (χ0v) is 15.9. The fourth-order valence-corrected chi connectivity index (χ4v) is 2.97. The highest BCUT2D eigenvalue weighted by atomic mass is 127. The fraction of sp³-hybridized carbons (Fsp3) is 0.0476. The number of hydrogen-bond donors (Lipinski definition) is 1. The molecule has 0 saturated heterocycles. The summed E-state index contributed by atoms with van der Waals surface area (Å²) < 4.78 is 2.11. The third-order valence-electron chi connectivity index (χ3n) is 4.22. The van der Waals surface area contributed by atoms with Crippen molar-refractivity contribution in [2.45, 2.75) is 0 Å². The first-order chi connectivity index (χ1) is 11.7. The molecule has 0 unspecified atom stereocenters. The van der Waals surface area contributed by atoms with Crippen LogP contribution in [-0.2, 0) is 7.05 Å². The maximum Gasteiger partial charge on any atom is 0.212 e. The molecule has 0 fully saturated rings. The van der Waals surface area contributed by atoms with E-state index in [2.05, 4.69) is 39.9 Å². The number of halogens is 1. The second-order valence-corrected chi connectivity index (χ2v) is 5.82. The minimum atomic E-state index is 0. The number of aromatic hydroxyl groups is 1. The van der Waals surface area contributed by atoms with Crippen LogP contribution in [0.2, 0.25) is 0 Å². The van der Waals surface area contributed by atoms with Crippen molar-refractivity contribution in [3.63, 3.8) is 0 Å². The monoisotopic (exact) mass is 440 g/mol. The number of rotatable bonds is 2. The normalized spacial score (nSPS) is 11.1. The van der Waals surface area contributed by atoms with Crippen LogP contribution >= 0.6 is 0 Å². The van der Waals surface area contributed by atoms with Crippen molar-refractivity contribution in [1.82, 2.24) is 4.98 Å². The molecule has 0 aliphatic rings. The van der Waals surface area contributed by atoms with Gasteiger partial charge in [-0.15, -0.1) is 0 Å². The Morgan fingerprint density at radius 1 is 0.920 bits per heavy atom. The van der Waals surface area contributed by atoms with Gasteiger partial charge in [-0.25, -0.2) is 9.55 Å². The number of fused-ring (bicyclic) bond motifs is 2. The van der Waals surface area contributed by atoms with Crippen molar-refractivity contribution in [3.05, 3.63) is 78.1 Å². The molecule has 0 radical (unpaired) electrons. The first-order valence-electron chi connectivity index (χ1n) is 7.86. The van der Waals surface area contributed by atoms with Gasteiger partial charge < -0.3 is 29.1 Å². The van der Waals surface area contributed by atoms with Crippen molar-refractivity contribution < 1.29 is 33.7 Å². The molecule has 124 valence electrons. The number of hydrogen-bond acceptors (Lipinski definition) is 2. The van der Waals surface area contributed by atoms with Crippen LogP contribution < -0.4 is 28.5 Å². The standard InChI is InChI=1S/C21H16N2O.HI/c1-23-14-4-7-18-15(5-2-8-19(18)23)10-12-17-13-11-16-6-3-9-20(24)21(16)22-17;/h2-14H,1H3;1H. The first kappa shape index (κ1) is 17.4. The van der Waals surface area contributed by atoms with E-state index in [9.17, 15) is 5.11 Å². The van der Waals surface area contributed by atoms with Crippen LogP contribution in [0.25, 0.3) is 34.0 Å². The molecule has 2 heterocycles. The van der Waals surface area contributed by atoms with E-state index in [1.807, 2.05) is 49.7 Å². The Hall–Kier alpha value is -2.47. The molecule has 4 rings (SSSR count). The van der Waals surface area contributed by atoms with Crippen molar-refractivity contribution >= 4 is 34.0 Å². The molecule has 0 bridgehead atoms. The Balaban J connectivity index is 0.00000182. The van der Waals surface area contributed by atoms with Gasteiger partial charge in [0.05, 0.1) is 11.1 Å². The van der Waals surface area contributed by atoms with Crippen molar-refractivity contribution in [2.24, 2.45) is 7.05 Å². The number of nitrogens with zero attached hydrogens (tertiary/aromatic N) is 2. The van der Waals surface area contributed by atoms with Gasteiger partial charge in [-0.3, -0.25) is 0 Å². The van der Waals surface area contributed by atoms with Gasteiger partial charge in [0.1, 0.15) is 18.3 Å². The van der Waals surface area contributed by atoms with Gasteiger partial charge in [0.25, 0.3) is 0 Å². The third-order valence-corrected chi connectivity index (χ3v) is 4.22. The number of benzene rings is 2. The number of aromatic nitrogens is 2. The summed E-state index contributed by atoms with van der Waals surface area (Å²) in [4.78, 5) is 4.55. The summed E-state index contributed by atoms with van der Waals surface area (Å²) in [6.45, 7) is 0. The number of aryl methyl sites for hydroxylation is 1. The molecule has 2 aromatic carbocycles. The van der Waals surface area contributed by atoms with Crippen LogP contribution in [0.4, 0.5) is 0 Å². The van der Waals surface area contributed by atoms with E-state index in [0.29, 0.717) is 5.52 Å². The summed E-state index contributed by atoms with van der Waals surface area (Å²) in [5.41, 5.74) is 3.77. The maximum absolute atomic E-state index is 9.96. The Morgan fingerprint density at radius 2 is 1.76 bits per heavy atom. The predicted octanol–water partition coefficient (Wildman–Crippen LogP) is 1.09. The van der Waals surface area contributed by atoms with E-state index in [0.717, 1.165) is 16.6 Å². The van der Waals surface area contributed by atoms with Crippen LogP contribution in [0.15, 0.2) is 66.9 Å². The molecule has 4 aromatic rings. The fourth-order valence-electron chi connectivity index (χ4n) is 2.97. The summed E-state index contributed by atoms with van der Waals surface area (Å²) in [5.74, 6) is 0.208. The Labute approximate surface area is 163 Å². The number of para-hydroxylation sites is 1. The van der Waals surface area contributed by atoms with Gasteiger partial charge in [-0.05, 0) is 29.8 Å². The lowest BCUT2D eigenvalue weighted by molar-refractivity contribution is -0.644. The lowest BCUT2D eigenvalue weighted by atomic mass is 10.1. The quantitative estimate of drug-likeness (QED) is 0.375. The van der Waals surface area contributed by atoms with Crippen LogP contribution in [0.5, 0.6) is 5.75 Å². The van der Waals surface area contributed by atoms with E-state index in [-0.39, 0.29) is 29.7 Å². The summed E-state index contributed by atoms with van der Waals surface area (Å²) in [5, 5.41) is 12.1. The SMILES string of the molecule is C[n+]1cccc2c(/C=C/c3ccc4cccc(O)c4n3)cccc21.[I-]. The largest absolute Gasteiger partial charge is 1.00 e. The molecule has 3 nitrogen and oxygen atoms in total. The molecular formula is C21H17IN2O. The van der Waals surface area contributed by atoms with Gasteiger partial charge in [0.2, 0.25) is 5.52 Å². The number of pyridine rings is 2. The van der Waals surface area contributed by atoms with E-state index in [1.165, 1.54) is 10.9 Å². The molecule has 0 aliphatic carbocycles. The second kappa shape index (κ2) is 7.19. The van der Waals surface area contributed by atoms with Gasteiger partial charge in [-0.2, -0.15) is 0 Å². The number of phenols is 1. The molecule has 25 heavy (non-hydrogen) atoms. The van der Waals surface area contributed by atoms with Crippen LogP contribution in [0.3, 0.4) is 0 Å². The molecule has 2 aromatic heterocycles. The van der Waals surface area contributed by atoms with E-state index < -0.39 is 0 Å². The highest BCUT2D eigenvalue weighted by molar-refractivity contribution is 5.90. The molecule has 0 spiro atoms. The lowest BCUT2D eigenvalue weighted by Gasteiger charge is -2.02. The summed E-state index contributed by atoms with van der Waals surface area (Å²) in [6, 6.07) is 19.8. The van der Waals surface area contributed by atoms with Gasteiger partial charge in [0.15, 0.2) is 6.20 Å². The molecule has 1 N–H and O–H groups in total. The average Bonchev–Trinajstić information content (AvgIpc) is 2.61. The Bertz CT molecular complexity index is 1090. The molecule has 0 amide bonds. The van der Waals surface area contributed by atoms with Gasteiger partial charge >= 0.3 is 0 Å². The van der Waals surface area contributed by atoms with Gasteiger partial charge in [-0.1, -0.05) is 36.4 Å². The molecule has 0 aliphatic heterocycles. The zero-order chi connectivity index (χ0) is 16.5. The highest BCUT2D eigenvalue weighted by Gasteiger charge is 2.06. The van der Waals surface area contributed by atoms with Crippen LogP contribution in [0.1, 0.15) is 11.3 Å². The lowest BCUT2D eigenvalue weighted by Crippen LogP contribution is -3.00. The zero-order valence-electron chi connectivity index (χ0n) is 13.7. The summed E-state index contributed by atoms with van der Waals surface area (Å²) in [7, 11) is 2.05.